The van der Waals surface area contributed by atoms with Crippen molar-refractivity contribution in [1.29, 1.82) is 0 Å². The fourth-order valence-corrected chi connectivity index (χ4v) is 2.66. The standard InChI is InChI=1S/C13H17NO3/c1-12(2,3)17-11(16)10-7-13(14-8-15)5-4-9(10)6-13/h4-5,9-10H,6-7H2,1-3H3. The van der Waals surface area contributed by atoms with Gasteiger partial charge in [0.1, 0.15) is 5.60 Å². The monoisotopic (exact) mass is 235 g/mol. The van der Waals surface area contributed by atoms with Gasteiger partial charge in [-0.1, -0.05) is 12.2 Å². The number of nitrogens with zero attached hydrogens (tertiary/aromatic N) is 1. The second-order valence-electron chi connectivity index (χ2n) is 5.88. The normalized spacial score (nSPS) is 34.5. The number of isocyanates is 1. The van der Waals surface area contributed by atoms with Crippen LogP contribution in [0.1, 0.15) is 33.6 Å². The van der Waals surface area contributed by atoms with E-state index in [1.54, 1.807) is 6.08 Å². The number of ether oxygens (including phenoxy) is 1. The molecule has 0 spiro atoms. The van der Waals surface area contributed by atoms with E-state index >= 15 is 0 Å². The molecule has 0 aromatic rings. The molecule has 0 amide bonds. The van der Waals surface area contributed by atoms with E-state index < -0.39 is 11.1 Å². The Balaban J connectivity index is 2.10. The van der Waals surface area contributed by atoms with E-state index in [1.165, 1.54) is 0 Å². The summed E-state index contributed by atoms with van der Waals surface area (Å²) in [4.78, 5) is 26.3. The van der Waals surface area contributed by atoms with Gasteiger partial charge in [-0.15, -0.1) is 0 Å². The Bertz CT molecular complexity index is 415. The van der Waals surface area contributed by atoms with Crippen molar-refractivity contribution in [3.05, 3.63) is 12.2 Å². The highest BCUT2D eigenvalue weighted by Gasteiger charge is 2.51. The number of carbonyl (C=O) groups excluding carboxylic acids is 2. The molecule has 0 aromatic carbocycles. The molecule has 2 aliphatic carbocycles. The minimum atomic E-state index is -0.492. The highest BCUT2D eigenvalue weighted by Crippen LogP contribution is 2.49. The van der Waals surface area contributed by atoms with Gasteiger partial charge in [-0.05, 0) is 39.5 Å². The molecule has 4 nitrogen and oxygen atoms in total. The first-order valence-electron chi connectivity index (χ1n) is 5.86. The van der Waals surface area contributed by atoms with Crippen LogP contribution in [0.25, 0.3) is 0 Å². The Morgan fingerprint density at radius 2 is 2.18 bits per heavy atom. The van der Waals surface area contributed by atoms with Crippen LogP contribution >= 0.6 is 0 Å². The first-order valence-corrected chi connectivity index (χ1v) is 5.86. The van der Waals surface area contributed by atoms with Crippen molar-refractivity contribution in [2.45, 2.75) is 44.8 Å². The third kappa shape index (κ3) is 2.32. The average molecular weight is 235 g/mol. The molecule has 2 aliphatic rings. The van der Waals surface area contributed by atoms with Crippen LogP contribution in [0.4, 0.5) is 0 Å². The summed E-state index contributed by atoms with van der Waals surface area (Å²) in [6.45, 7) is 5.56. The van der Waals surface area contributed by atoms with Gasteiger partial charge in [0, 0.05) is 0 Å². The maximum Gasteiger partial charge on any atom is 0.310 e. The van der Waals surface area contributed by atoms with E-state index in [9.17, 15) is 9.59 Å². The first kappa shape index (κ1) is 12.1. The Kier molecular flexibility index (Phi) is 2.70. The zero-order chi connectivity index (χ0) is 12.7. The van der Waals surface area contributed by atoms with Crippen molar-refractivity contribution in [1.82, 2.24) is 0 Å². The molecule has 0 radical (unpaired) electrons. The smallest absolute Gasteiger partial charge is 0.310 e. The van der Waals surface area contributed by atoms with Crippen molar-refractivity contribution < 1.29 is 14.3 Å². The Labute approximate surface area is 101 Å². The quantitative estimate of drug-likeness (QED) is 0.318. The van der Waals surface area contributed by atoms with Gasteiger partial charge in [-0.2, -0.15) is 4.99 Å². The molecule has 17 heavy (non-hydrogen) atoms. The number of allylic oxidation sites excluding steroid dienone is 1. The lowest BCUT2D eigenvalue weighted by atomic mass is 9.91. The SMILES string of the molecule is CC(C)(C)OC(=O)C1CC2(N=C=O)C=CC1C2. The molecule has 0 saturated heterocycles. The summed E-state index contributed by atoms with van der Waals surface area (Å²) in [7, 11) is 0. The molecule has 0 aromatic heterocycles. The summed E-state index contributed by atoms with van der Waals surface area (Å²) in [5, 5.41) is 0. The van der Waals surface area contributed by atoms with Gasteiger partial charge in [0.05, 0.1) is 11.5 Å². The summed E-state index contributed by atoms with van der Waals surface area (Å²) in [5.41, 5.74) is -0.961. The Hall–Kier alpha value is -1.41. The lowest BCUT2D eigenvalue weighted by Gasteiger charge is -2.25. The van der Waals surface area contributed by atoms with Crippen LogP contribution in [-0.2, 0) is 14.3 Å². The highest BCUT2D eigenvalue weighted by atomic mass is 16.6. The summed E-state index contributed by atoms with van der Waals surface area (Å²) in [5.74, 6) is -0.201. The van der Waals surface area contributed by atoms with Crippen LogP contribution in [-0.4, -0.2) is 23.2 Å². The van der Waals surface area contributed by atoms with Gasteiger partial charge in [0.15, 0.2) is 0 Å². The van der Waals surface area contributed by atoms with Crippen molar-refractivity contribution in [2.24, 2.45) is 16.8 Å². The summed E-state index contributed by atoms with van der Waals surface area (Å²) in [6.07, 6.45) is 6.79. The van der Waals surface area contributed by atoms with E-state index in [4.69, 9.17) is 4.74 Å². The topological polar surface area (TPSA) is 55.7 Å². The van der Waals surface area contributed by atoms with Crippen molar-refractivity contribution in [2.75, 3.05) is 0 Å². The van der Waals surface area contributed by atoms with Crippen molar-refractivity contribution in [3.8, 4) is 0 Å². The van der Waals surface area contributed by atoms with E-state index in [0.717, 1.165) is 6.42 Å². The lowest BCUT2D eigenvalue weighted by molar-refractivity contribution is -0.160. The lowest BCUT2D eigenvalue weighted by Crippen LogP contribution is -2.31. The molecule has 0 heterocycles. The van der Waals surface area contributed by atoms with Crippen molar-refractivity contribution in [3.63, 3.8) is 0 Å². The van der Waals surface area contributed by atoms with Gasteiger partial charge in [0.2, 0.25) is 6.08 Å². The molecule has 0 aliphatic heterocycles. The fourth-order valence-electron chi connectivity index (χ4n) is 2.66. The van der Waals surface area contributed by atoms with Crippen LogP contribution in [0.5, 0.6) is 0 Å². The minimum Gasteiger partial charge on any atom is -0.460 e. The molecule has 3 unspecified atom stereocenters. The maximum absolute atomic E-state index is 12.0. The molecule has 3 atom stereocenters. The van der Waals surface area contributed by atoms with Crippen LogP contribution in [0.2, 0.25) is 0 Å². The molecular formula is C13H17NO3. The second-order valence-corrected chi connectivity index (χ2v) is 5.88. The number of hydrogen-bond acceptors (Lipinski definition) is 4. The van der Waals surface area contributed by atoms with Crippen LogP contribution in [0.3, 0.4) is 0 Å². The number of carbonyl (C=O) groups is 1. The van der Waals surface area contributed by atoms with E-state index in [2.05, 4.69) is 4.99 Å². The fraction of sp³-hybridized carbons (Fsp3) is 0.692. The summed E-state index contributed by atoms with van der Waals surface area (Å²) < 4.78 is 5.38. The maximum atomic E-state index is 12.0. The number of rotatable bonds is 2. The number of hydrogen-bond donors (Lipinski definition) is 0. The third-order valence-corrected chi connectivity index (χ3v) is 3.31. The van der Waals surface area contributed by atoms with Gasteiger partial charge in [-0.3, -0.25) is 4.79 Å². The van der Waals surface area contributed by atoms with E-state index in [-0.39, 0.29) is 17.8 Å². The summed E-state index contributed by atoms with van der Waals surface area (Å²) >= 11 is 0. The molecule has 2 rings (SSSR count). The highest BCUT2D eigenvalue weighted by molar-refractivity contribution is 5.75. The minimum absolute atomic E-state index is 0.155. The van der Waals surface area contributed by atoms with Gasteiger partial charge < -0.3 is 4.74 Å². The van der Waals surface area contributed by atoms with E-state index in [0.29, 0.717) is 6.42 Å². The predicted octanol–water partition coefficient (Wildman–Crippen LogP) is 2.00. The number of aliphatic imine (C=N–C) groups is 1. The van der Waals surface area contributed by atoms with Gasteiger partial charge >= 0.3 is 5.97 Å². The summed E-state index contributed by atoms with van der Waals surface area (Å²) in [6, 6.07) is 0. The zero-order valence-corrected chi connectivity index (χ0v) is 10.4. The molecule has 92 valence electrons. The zero-order valence-electron chi connectivity index (χ0n) is 10.4. The van der Waals surface area contributed by atoms with Gasteiger partial charge in [-0.25, -0.2) is 4.79 Å². The second kappa shape index (κ2) is 3.81. The van der Waals surface area contributed by atoms with Crippen LogP contribution in [0.15, 0.2) is 17.1 Å². The predicted molar refractivity (Wildman–Crippen MR) is 62.1 cm³/mol. The van der Waals surface area contributed by atoms with Gasteiger partial charge in [0.25, 0.3) is 0 Å². The third-order valence-electron chi connectivity index (χ3n) is 3.31. The van der Waals surface area contributed by atoms with Crippen molar-refractivity contribution >= 4 is 12.0 Å². The van der Waals surface area contributed by atoms with Crippen LogP contribution in [0, 0.1) is 11.8 Å². The Morgan fingerprint density at radius 3 is 2.76 bits per heavy atom. The molecule has 0 N–H and O–H groups in total. The molecular weight excluding hydrogens is 218 g/mol. The van der Waals surface area contributed by atoms with E-state index in [1.807, 2.05) is 32.9 Å². The largest absolute Gasteiger partial charge is 0.460 e. The first-order chi connectivity index (χ1) is 7.85. The number of fused-ring (bicyclic) bond motifs is 2. The average Bonchev–Trinajstić information content (AvgIpc) is 2.72. The molecule has 1 saturated carbocycles. The molecule has 1 fully saturated rings. The number of esters is 1. The van der Waals surface area contributed by atoms with Crippen LogP contribution < -0.4 is 0 Å². The Morgan fingerprint density at radius 1 is 1.47 bits per heavy atom. The molecule has 2 bridgehead atoms. The molecule has 4 heteroatoms.